The highest BCUT2D eigenvalue weighted by Gasteiger charge is 2.27. The molecule has 0 saturated carbocycles. The number of carbonyl (C=O) groups is 3. The zero-order valence-corrected chi connectivity index (χ0v) is 26.9. The molecule has 2 aromatic rings. The van der Waals surface area contributed by atoms with Crippen molar-refractivity contribution in [3.05, 3.63) is 41.0 Å². The van der Waals surface area contributed by atoms with E-state index in [-0.39, 0.29) is 23.3 Å². The number of hydrogen-bond donors (Lipinski definition) is 4. The second-order valence-corrected chi connectivity index (χ2v) is 12.8. The Morgan fingerprint density at radius 2 is 1.71 bits per heavy atom. The van der Waals surface area contributed by atoms with Crippen LogP contribution in [-0.2, 0) is 20.9 Å². The van der Waals surface area contributed by atoms with Gasteiger partial charge in [-0.3, -0.25) is 14.4 Å². The number of likely N-dealkylation sites (tertiary alicyclic amines) is 1. The smallest absolute Gasteiger partial charge is 0.223 e. The van der Waals surface area contributed by atoms with E-state index < -0.39 is 0 Å². The molecule has 1 aliphatic heterocycles. The first-order valence-electron chi connectivity index (χ1n) is 15.1. The van der Waals surface area contributed by atoms with Crippen LogP contribution in [0.2, 0.25) is 0 Å². The summed E-state index contributed by atoms with van der Waals surface area (Å²) in [4.78, 5) is 39.4. The summed E-state index contributed by atoms with van der Waals surface area (Å²) in [6.45, 7) is 10.8. The maximum absolute atomic E-state index is 11.6. The van der Waals surface area contributed by atoms with Crippen LogP contribution in [0.3, 0.4) is 0 Å². The number of carbonyl (C=O) groups excluding carboxylic acids is 3. The van der Waals surface area contributed by atoms with Crippen molar-refractivity contribution in [1.29, 1.82) is 0 Å². The highest BCUT2D eigenvalue weighted by molar-refractivity contribution is 7.13. The minimum absolute atomic E-state index is 0.0463. The molecule has 2 heterocycles. The Balaban J connectivity index is 0.000000318. The van der Waals surface area contributed by atoms with Crippen LogP contribution in [0.15, 0.2) is 29.8 Å². The summed E-state index contributed by atoms with van der Waals surface area (Å²) in [7, 11) is 0. The predicted molar refractivity (Wildman–Crippen MR) is 172 cm³/mol. The number of primary amides is 1. The molecule has 236 valence electrons. The normalized spacial score (nSPS) is 14.3. The number of nitrogens with zero attached hydrogens (tertiary/aromatic N) is 2. The first-order valence-corrected chi connectivity index (χ1v) is 16.0. The van der Waals surface area contributed by atoms with Crippen molar-refractivity contribution in [1.82, 2.24) is 15.2 Å². The number of thiazole rings is 1. The van der Waals surface area contributed by atoms with Gasteiger partial charge >= 0.3 is 0 Å². The van der Waals surface area contributed by atoms with Crippen molar-refractivity contribution in [2.75, 3.05) is 19.6 Å². The molecule has 3 amide bonds. The van der Waals surface area contributed by atoms with Crippen molar-refractivity contribution < 1.29 is 19.5 Å². The molecule has 6 N–H and O–H groups in total. The summed E-state index contributed by atoms with van der Waals surface area (Å²) in [5.41, 5.74) is 15.6. The first-order chi connectivity index (χ1) is 20.0. The molecular formula is C32H53N5O4S. The van der Waals surface area contributed by atoms with Crippen LogP contribution < -0.4 is 16.8 Å². The minimum atomic E-state index is -0.302. The summed E-state index contributed by atoms with van der Waals surface area (Å²) in [6, 6.07) is 8.15. The standard InChI is InChI=1S/C12H12N2OS.C10H22N2O.C10H19NO2/c1-9-12(16-8-14-9)11-4-2-10(3-5-11)6-13-7-15;11-9-7-5-3-1-2-4-6-8-10(12)13;1-10(2,3)6-9(13)11-5-4-8(12)7-11/h2-5,7-8H,6H2,1H3,(H,13,15);1-9,11H2,(H2,12,13);8,12H,4-7H2,1-3H3. The Labute approximate surface area is 256 Å². The Hall–Kier alpha value is -2.82. The van der Waals surface area contributed by atoms with E-state index in [1.165, 1.54) is 36.1 Å². The van der Waals surface area contributed by atoms with Crippen LogP contribution in [0.4, 0.5) is 0 Å². The molecule has 1 aliphatic rings. The van der Waals surface area contributed by atoms with Crippen molar-refractivity contribution >= 4 is 29.6 Å². The molecule has 10 heteroatoms. The van der Waals surface area contributed by atoms with Crippen LogP contribution in [0.5, 0.6) is 0 Å². The molecule has 1 saturated heterocycles. The van der Waals surface area contributed by atoms with Crippen LogP contribution in [0, 0.1) is 12.3 Å². The quantitative estimate of drug-likeness (QED) is 0.177. The number of aryl methyl sites for hydroxylation is 1. The van der Waals surface area contributed by atoms with Gasteiger partial charge < -0.3 is 26.8 Å². The summed E-state index contributed by atoms with van der Waals surface area (Å²) in [6.07, 6.45) is 10.5. The van der Waals surface area contributed by atoms with Crippen LogP contribution in [-0.4, -0.2) is 59.0 Å². The van der Waals surface area contributed by atoms with Gasteiger partial charge in [0.25, 0.3) is 0 Å². The van der Waals surface area contributed by atoms with Crippen molar-refractivity contribution in [2.45, 2.75) is 105 Å². The van der Waals surface area contributed by atoms with Gasteiger partial charge in [-0.2, -0.15) is 0 Å². The topological polar surface area (TPSA) is 152 Å². The third-order valence-electron chi connectivity index (χ3n) is 6.68. The monoisotopic (exact) mass is 603 g/mol. The van der Waals surface area contributed by atoms with E-state index in [2.05, 4.69) is 43.2 Å². The van der Waals surface area contributed by atoms with Crippen LogP contribution >= 0.6 is 11.3 Å². The fraction of sp³-hybridized carbons (Fsp3) is 0.625. The number of rotatable bonds is 14. The average molecular weight is 604 g/mol. The fourth-order valence-corrected chi connectivity index (χ4v) is 5.19. The summed E-state index contributed by atoms with van der Waals surface area (Å²) in [5, 5.41) is 11.9. The van der Waals surface area contributed by atoms with E-state index >= 15 is 0 Å². The number of aliphatic hydroxyl groups excluding tert-OH is 1. The molecule has 0 aliphatic carbocycles. The van der Waals surface area contributed by atoms with Gasteiger partial charge in [-0.05, 0) is 49.3 Å². The number of amides is 3. The van der Waals surface area contributed by atoms with Gasteiger partial charge in [0, 0.05) is 32.5 Å². The van der Waals surface area contributed by atoms with E-state index in [1.54, 1.807) is 16.2 Å². The van der Waals surface area contributed by atoms with E-state index in [0.29, 0.717) is 32.3 Å². The summed E-state index contributed by atoms with van der Waals surface area (Å²) in [5.74, 6) is -0.00724. The largest absolute Gasteiger partial charge is 0.391 e. The second kappa shape index (κ2) is 21.0. The lowest BCUT2D eigenvalue weighted by Gasteiger charge is -2.22. The highest BCUT2D eigenvalue weighted by Crippen LogP contribution is 2.27. The lowest BCUT2D eigenvalue weighted by molar-refractivity contribution is -0.132. The Morgan fingerprint density at radius 3 is 2.19 bits per heavy atom. The number of benzene rings is 1. The zero-order valence-electron chi connectivity index (χ0n) is 26.1. The lowest BCUT2D eigenvalue weighted by Crippen LogP contribution is -2.32. The highest BCUT2D eigenvalue weighted by atomic mass is 32.1. The average Bonchev–Trinajstić information content (AvgIpc) is 3.57. The van der Waals surface area contributed by atoms with Gasteiger partial charge in [0.1, 0.15) is 0 Å². The fourth-order valence-electron chi connectivity index (χ4n) is 4.37. The first kappa shape index (κ1) is 37.2. The van der Waals surface area contributed by atoms with Crippen molar-refractivity contribution in [3.63, 3.8) is 0 Å². The molecular weight excluding hydrogens is 550 g/mol. The summed E-state index contributed by atoms with van der Waals surface area (Å²) >= 11 is 1.64. The van der Waals surface area contributed by atoms with Gasteiger partial charge in [-0.15, -0.1) is 11.3 Å². The molecule has 1 fully saturated rings. The molecule has 0 spiro atoms. The van der Waals surface area contributed by atoms with Gasteiger partial charge in [0.15, 0.2) is 0 Å². The molecule has 0 radical (unpaired) electrons. The second-order valence-electron chi connectivity index (χ2n) is 12.0. The van der Waals surface area contributed by atoms with Gasteiger partial charge in [-0.1, -0.05) is 77.1 Å². The predicted octanol–water partition coefficient (Wildman–Crippen LogP) is 4.93. The van der Waals surface area contributed by atoms with Gasteiger partial charge in [0.05, 0.1) is 22.2 Å². The van der Waals surface area contributed by atoms with Crippen LogP contribution in [0.1, 0.15) is 96.2 Å². The third-order valence-corrected chi connectivity index (χ3v) is 7.65. The molecule has 1 atom stereocenters. The molecule has 1 aromatic carbocycles. The third kappa shape index (κ3) is 17.2. The number of aromatic nitrogens is 1. The zero-order chi connectivity index (χ0) is 31.4. The van der Waals surface area contributed by atoms with Gasteiger partial charge in [0.2, 0.25) is 18.2 Å². The number of hydrogen-bond acceptors (Lipinski definition) is 7. The minimum Gasteiger partial charge on any atom is -0.391 e. The lowest BCUT2D eigenvalue weighted by atomic mass is 9.92. The molecule has 1 unspecified atom stereocenters. The van der Waals surface area contributed by atoms with Crippen molar-refractivity contribution in [2.24, 2.45) is 16.9 Å². The number of aliphatic hydroxyl groups is 1. The molecule has 9 nitrogen and oxygen atoms in total. The Kier molecular flexibility index (Phi) is 18.6. The van der Waals surface area contributed by atoms with E-state index in [1.807, 2.05) is 24.6 Å². The number of nitrogens with two attached hydrogens (primary N) is 2. The SMILES string of the molecule is CC(C)(C)CC(=O)N1CCC(O)C1.Cc1ncsc1-c1ccc(CNC=O)cc1.NCCCCCCCCCC(N)=O. The van der Waals surface area contributed by atoms with Crippen LogP contribution in [0.25, 0.3) is 10.4 Å². The van der Waals surface area contributed by atoms with Gasteiger partial charge in [-0.25, -0.2) is 4.98 Å². The number of unbranched alkanes of at least 4 members (excludes halogenated alkanes) is 6. The number of nitrogens with one attached hydrogen (secondary N) is 1. The Morgan fingerprint density at radius 1 is 1.10 bits per heavy atom. The number of β-amino-alcohol motifs (C(OH)–C–C–N with tert-alkyl or cyclic N) is 1. The maximum Gasteiger partial charge on any atom is 0.223 e. The molecule has 42 heavy (non-hydrogen) atoms. The summed E-state index contributed by atoms with van der Waals surface area (Å²) < 4.78 is 0. The molecule has 0 bridgehead atoms. The van der Waals surface area contributed by atoms with E-state index in [4.69, 9.17) is 11.5 Å². The van der Waals surface area contributed by atoms with E-state index in [9.17, 15) is 19.5 Å². The van der Waals surface area contributed by atoms with Crippen molar-refractivity contribution in [3.8, 4) is 10.4 Å². The Bertz CT molecular complexity index is 1040. The van der Waals surface area contributed by atoms with E-state index in [0.717, 1.165) is 50.0 Å². The molecule has 1 aromatic heterocycles. The maximum atomic E-state index is 11.6. The molecule has 3 rings (SSSR count).